The van der Waals surface area contributed by atoms with Gasteiger partial charge in [-0.2, -0.15) is 0 Å². The fourth-order valence-corrected chi connectivity index (χ4v) is 1.35. The number of hydrogen-bond acceptors (Lipinski definition) is 4. The van der Waals surface area contributed by atoms with Crippen LogP contribution in [0.2, 0.25) is 0 Å². The van der Waals surface area contributed by atoms with Crippen LogP contribution in [0.5, 0.6) is 0 Å². The topological polar surface area (TPSA) is 104 Å². The third kappa shape index (κ3) is 7.46. The van der Waals surface area contributed by atoms with Crippen molar-refractivity contribution in [1.82, 2.24) is 5.32 Å². The predicted molar refractivity (Wildman–Crippen MR) is 60.8 cm³/mol. The zero-order valence-corrected chi connectivity index (χ0v) is 10.1. The lowest BCUT2D eigenvalue weighted by atomic mass is 10.1. The molecule has 0 aliphatic carbocycles. The normalized spacial score (nSPS) is 18.4. The summed E-state index contributed by atoms with van der Waals surface area (Å²) in [5, 5.41) is 19.3. The Balaban J connectivity index is 0.000000302. The van der Waals surface area contributed by atoms with Crippen LogP contribution in [0.25, 0.3) is 0 Å². The minimum atomic E-state index is -1.33. The van der Waals surface area contributed by atoms with Crippen molar-refractivity contribution in [2.45, 2.75) is 39.2 Å². The van der Waals surface area contributed by atoms with Gasteiger partial charge in [-0.05, 0) is 25.3 Å². The number of aliphatic carboxylic acids is 2. The van der Waals surface area contributed by atoms with Crippen LogP contribution in [0.3, 0.4) is 0 Å². The summed E-state index contributed by atoms with van der Waals surface area (Å²) in [7, 11) is 0. The first-order valence-corrected chi connectivity index (χ1v) is 5.57. The van der Waals surface area contributed by atoms with Crippen LogP contribution < -0.4 is 5.32 Å². The maximum atomic E-state index is 10.4. The third-order valence-corrected chi connectivity index (χ3v) is 2.19. The number of hydrogen-bond donors (Lipinski definition) is 3. The molecule has 0 aromatic rings. The first-order valence-electron chi connectivity index (χ1n) is 5.57. The average Bonchev–Trinajstić information content (AvgIpc) is 2.69. The van der Waals surface area contributed by atoms with Crippen molar-refractivity contribution in [1.29, 1.82) is 0 Å². The molecule has 17 heavy (non-hydrogen) atoms. The lowest BCUT2D eigenvalue weighted by Crippen LogP contribution is -2.29. The minimum absolute atomic E-state index is 0.133. The summed E-state index contributed by atoms with van der Waals surface area (Å²) in [4.78, 5) is 30.4. The first kappa shape index (κ1) is 15.6. The van der Waals surface area contributed by atoms with Crippen molar-refractivity contribution in [2.24, 2.45) is 5.92 Å². The number of Topliss-reactive ketones (excluding diaryl/α,β-unsaturated/α-hetero) is 1. The van der Waals surface area contributed by atoms with E-state index in [1.165, 1.54) is 0 Å². The Labute approximate surface area is 100 Å². The highest BCUT2D eigenvalue weighted by atomic mass is 16.4. The van der Waals surface area contributed by atoms with E-state index in [0.29, 0.717) is 0 Å². The second-order valence-corrected chi connectivity index (χ2v) is 4.31. The molecule has 0 aromatic carbocycles. The molecule has 1 aliphatic rings. The van der Waals surface area contributed by atoms with Gasteiger partial charge in [0.05, 0.1) is 0 Å². The largest absolute Gasteiger partial charge is 0.480 e. The van der Waals surface area contributed by atoms with Gasteiger partial charge in [-0.25, -0.2) is 4.79 Å². The Morgan fingerprint density at radius 1 is 1.29 bits per heavy atom. The fourth-order valence-electron chi connectivity index (χ4n) is 1.35. The lowest BCUT2D eigenvalue weighted by molar-refractivity contribution is -0.149. The highest BCUT2D eigenvalue weighted by Crippen LogP contribution is 2.03. The van der Waals surface area contributed by atoms with E-state index in [1.54, 1.807) is 13.8 Å². The Bertz CT molecular complexity index is 282. The van der Waals surface area contributed by atoms with Gasteiger partial charge in [-0.15, -0.1) is 0 Å². The molecule has 0 radical (unpaired) electrons. The van der Waals surface area contributed by atoms with Crippen molar-refractivity contribution in [3.8, 4) is 0 Å². The van der Waals surface area contributed by atoms with Crippen LogP contribution in [0.1, 0.15) is 33.1 Å². The van der Waals surface area contributed by atoms with Gasteiger partial charge in [-0.1, -0.05) is 13.8 Å². The fraction of sp³-hybridized carbons (Fsp3) is 0.727. The van der Waals surface area contributed by atoms with Crippen LogP contribution in [0.4, 0.5) is 0 Å². The highest BCUT2D eigenvalue weighted by Gasteiger charge is 2.20. The van der Waals surface area contributed by atoms with Gasteiger partial charge in [0.15, 0.2) is 0 Å². The molecular formula is C11H19NO5. The quantitative estimate of drug-likeness (QED) is 0.623. The third-order valence-electron chi connectivity index (χ3n) is 2.19. The number of carbonyl (C=O) groups excluding carboxylic acids is 1. The first-order chi connectivity index (χ1) is 7.84. The van der Waals surface area contributed by atoms with Crippen molar-refractivity contribution in [3.63, 3.8) is 0 Å². The molecule has 6 nitrogen and oxygen atoms in total. The smallest absolute Gasteiger partial charge is 0.372 e. The van der Waals surface area contributed by atoms with E-state index in [-0.39, 0.29) is 18.4 Å². The molecule has 1 atom stereocenters. The summed E-state index contributed by atoms with van der Waals surface area (Å²) in [6, 6.07) is -0.269. The van der Waals surface area contributed by atoms with Gasteiger partial charge in [-0.3, -0.25) is 9.59 Å². The van der Waals surface area contributed by atoms with Crippen molar-refractivity contribution in [2.75, 3.05) is 6.54 Å². The Morgan fingerprint density at radius 3 is 2.06 bits per heavy atom. The van der Waals surface area contributed by atoms with Gasteiger partial charge in [0.25, 0.3) is 0 Å². The van der Waals surface area contributed by atoms with Gasteiger partial charge >= 0.3 is 11.9 Å². The second kappa shape index (κ2) is 7.78. The van der Waals surface area contributed by atoms with E-state index < -0.39 is 17.7 Å². The lowest BCUT2D eigenvalue weighted by Gasteiger charge is -1.99. The van der Waals surface area contributed by atoms with Gasteiger partial charge in [0.2, 0.25) is 5.78 Å². The van der Waals surface area contributed by atoms with E-state index in [9.17, 15) is 14.4 Å². The molecule has 1 saturated heterocycles. The van der Waals surface area contributed by atoms with Crippen LogP contribution in [0, 0.1) is 5.92 Å². The van der Waals surface area contributed by atoms with Gasteiger partial charge in [0, 0.05) is 6.42 Å². The Kier molecular flexibility index (Phi) is 7.13. The summed E-state index contributed by atoms with van der Waals surface area (Å²) < 4.78 is 0. The maximum Gasteiger partial charge on any atom is 0.372 e. The summed E-state index contributed by atoms with van der Waals surface area (Å²) in [5.74, 6) is -2.62. The summed E-state index contributed by atoms with van der Waals surface area (Å²) >= 11 is 0. The predicted octanol–water partition coefficient (Wildman–Crippen LogP) is 0.509. The molecule has 0 amide bonds. The minimum Gasteiger partial charge on any atom is -0.480 e. The average molecular weight is 245 g/mol. The molecule has 1 aliphatic heterocycles. The van der Waals surface area contributed by atoms with Crippen LogP contribution >= 0.6 is 0 Å². The van der Waals surface area contributed by atoms with E-state index in [1.807, 2.05) is 0 Å². The second-order valence-electron chi connectivity index (χ2n) is 4.31. The van der Waals surface area contributed by atoms with Crippen LogP contribution in [-0.4, -0.2) is 40.5 Å². The van der Waals surface area contributed by atoms with E-state index in [4.69, 9.17) is 10.2 Å². The molecule has 1 heterocycles. The number of ketones is 1. The summed E-state index contributed by atoms with van der Waals surface area (Å²) in [6.45, 7) is 4.47. The van der Waals surface area contributed by atoms with Crippen molar-refractivity contribution in [3.05, 3.63) is 0 Å². The monoisotopic (exact) mass is 245 g/mol. The molecule has 0 aromatic heterocycles. The molecular weight excluding hydrogens is 226 g/mol. The number of carboxylic acid groups (broad SMARTS) is 2. The molecule has 1 fully saturated rings. The van der Waals surface area contributed by atoms with Gasteiger partial charge < -0.3 is 15.5 Å². The molecule has 0 spiro atoms. The van der Waals surface area contributed by atoms with Crippen molar-refractivity contribution >= 4 is 17.7 Å². The highest BCUT2D eigenvalue weighted by molar-refractivity contribution is 6.32. The van der Waals surface area contributed by atoms with Crippen LogP contribution in [-0.2, 0) is 14.4 Å². The molecule has 0 bridgehead atoms. The molecule has 98 valence electrons. The zero-order valence-electron chi connectivity index (χ0n) is 10.1. The molecule has 1 rings (SSSR count). The molecule has 3 N–H and O–H groups in total. The Hall–Kier alpha value is -1.43. The molecule has 6 heteroatoms. The summed E-state index contributed by atoms with van der Waals surface area (Å²) in [6.07, 6.45) is 1.92. The number of rotatable bonds is 4. The number of carboxylic acids is 2. The van der Waals surface area contributed by atoms with Crippen LogP contribution in [0.15, 0.2) is 0 Å². The number of nitrogens with one attached hydrogen (secondary N) is 1. The Morgan fingerprint density at radius 2 is 1.88 bits per heavy atom. The van der Waals surface area contributed by atoms with E-state index >= 15 is 0 Å². The molecule has 0 saturated carbocycles. The zero-order chi connectivity index (χ0) is 13.4. The standard InChI is InChI=1S/C6H10O3.C5H9NO2/c1-4(2)3-5(7)6(8)9;7-5(8)4-2-1-3-6-4/h4H,3H2,1-2H3,(H,8,9);4,6H,1-3H2,(H,7,8)/t;4-/m.0/s1. The summed E-state index contributed by atoms with van der Waals surface area (Å²) in [5.41, 5.74) is 0. The van der Waals surface area contributed by atoms with E-state index in [0.717, 1.165) is 19.4 Å². The maximum absolute atomic E-state index is 10.4. The number of carbonyl (C=O) groups is 3. The van der Waals surface area contributed by atoms with Crippen molar-refractivity contribution < 1.29 is 24.6 Å². The van der Waals surface area contributed by atoms with Gasteiger partial charge in [0.1, 0.15) is 6.04 Å². The molecule has 0 unspecified atom stereocenters. The SMILES string of the molecule is CC(C)CC(=O)C(=O)O.O=C(O)[C@@H]1CCCN1. The van der Waals surface area contributed by atoms with E-state index in [2.05, 4.69) is 5.32 Å².